The molecular formula is C13H26N2O2. The van der Waals surface area contributed by atoms with Crippen molar-refractivity contribution >= 4 is 5.91 Å². The smallest absolute Gasteiger partial charge is 0.233 e. The first-order chi connectivity index (χ1) is 7.87. The Labute approximate surface area is 104 Å². The average Bonchev–Trinajstić information content (AvgIpc) is 3.01. The molecule has 1 aliphatic carbocycles. The Hall–Kier alpha value is -0.610. The van der Waals surface area contributed by atoms with Crippen LogP contribution in [0.1, 0.15) is 40.0 Å². The number of carbonyl (C=O) groups excluding carboxylic acids is 1. The molecule has 0 aromatic rings. The second kappa shape index (κ2) is 5.83. The maximum Gasteiger partial charge on any atom is 0.233 e. The lowest BCUT2D eigenvalue weighted by Gasteiger charge is -2.21. The number of nitrogens with one attached hydrogen (secondary N) is 2. The molecule has 17 heavy (non-hydrogen) atoms. The van der Waals surface area contributed by atoms with E-state index in [1.165, 1.54) is 12.8 Å². The van der Waals surface area contributed by atoms with Crippen molar-refractivity contribution in [3.63, 3.8) is 0 Å². The van der Waals surface area contributed by atoms with Crippen molar-refractivity contribution < 1.29 is 9.53 Å². The van der Waals surface area contributed by atoms with Gasteiger partial charge in [0.15, 0.2) is 0 Å². The number of methoxy groups -OCH3 is 1. The molecule has 0 aromatic heterocycles. The molecule has 0 saturated heterocycles. The van der Waals surface area contributed by atoms with E-state index in [9.17, 15) is 4.79 Å². The van der Waals surface area contributed by atoms with E-state index < -0.39 is 0 Å². The van der Waals surface area contributed by atoms with Gasteiger partial charge in [-0.05, 0) is 45.4 Å². The van der Waals surface area contributed by atoms with E-state index in [4.69, 9.17) is 4.74 Å². The van der Waals surface area contributed by atoms with Crippen LogP contribution in [0.15, 0.2) is 0 Å². The fourth-order valence-corrected chi connectivity index (χ4v) is 1.70. The van der Waals surface area contributed by atoms with Crippen LogP contribution in [0.5, 0.6) is 0 Å². The Balaban J connectivity index is 2.15. The van der Waals surface area contributed by atoms with E-state index >= 15 is 0 Å². The van der Waals surface area contributed by atoms with Crippen molar-refractivity contribution in [3.8, 4) is 0 Å². The molecule has 0 aliphatic heterocycles. The van der Waals surface area contributed by atoms with Gasteiger partial charge in [0.2, 0.25) is 5.91 Å². The van der Waals surface area contributed by atoms with Crippen LogP contribution in [0.25, 0.3) is 0 Å². The van der Waals surface area contributed by atoms with Crippen LogP contribution < -0.4 is 10.6 Å². The molecule has 4 nitrogen and oxygen atoms in total. The number of rotatable bonds is 7. The Kier molecular flexibility index (Phi) is 4.95. The number of hydrogen-bond acceptors (Lipinski definition) is 3. The third kappa shape index (κ3) is 6.03. The van der Waals surface area contributed by atoms with Crippen molar-refractivity contribution in [3.05, 3.63) is 0 Å². The zero-order valence-corrected chi connectivity index (χ0v) is 11.6. The van der Waals surface area contributed by atoms with Gasteiger partial charge in [-0.3, -0.25) is 4.79 Å². The maximum absolute atomic E-state index is 11.6. The van der Waals surface area contributed by atoms with Gasteiger partial charge in [0.25, 0.3) is 0 Å². The van der Waals surface area contributed by atoms with Crippen molar-refractivity contribution in [1.82, 2.24) is 10.6 Å². The Bertz CT molecular complexity index is 255. The van der Waals surface area contributed by atoms with E-state index in [-0.39, 0.29) is 11.4 Å². The largest absolute Gasteiger partial charge is 0.385 e. The molecule has 0 bridgehead atoms. The third-order valence-corrected chi connectivity index (χ3v) is 3.23. The fourth-order valence-electron chi connectivity index (χ4n) is 1.70. The van der Waals surface area contributed by atoms with E-state index in [1.54, 1.807) is 7.11 Å². The zero-order chi connectivity index (χ0) is 12.9. The molecule has 1 saturated carbocycles. The van der Waals surface area contributed by atoms with Crippen molar-refractivity contribution in [2.75, 3.05) is 26.8 Å². The highest BCUT2D eigenvalue weighted by atomic mass is 16.5. The fraction of sp³-hybridized carbons (Fsp3) is 0.923. The molecule has 0 spiro atoms. The second-order valence-electron chi connectivity index (χ2n) is 6.12. The molecular weight excluding hydrogens is 216 g/mol. The lowest BCUT2D eigenvalue weighted by molar-refractivity contribution is -0.120. The first-order valence-electron chi connectivity index (χ1n) is 6.38. The molecule has 0 atom stereocenters. The summed E-state index contributed by atoms with van der Waals surface area (Å²) in [6.07, 6.45) is 3.48. The van der Waals surface area contributed by atoms with E-state index in [1.807, 2.05) is 0 Å². The second-order valence-corrected chi connectivity index (χ2v) is 6.12. The van der Waals surface area contributed by atoms with Gasteiger partial charge in [-0.2, -0.15) is 0 Å². The minimum absolute atomic E-state index is 0.00927. The number of carbonyl (C=O) groups is 1. The Morgan fingerprint density at radius 3 is 2.47 bits per heavy atom. The number of ether oxygens (including phenoxy) is 1. The summed E-state index contributed by atoms with van der Waals surface area (Å²) in [6, 6.07) is 0. The summed E-state index contributed by atoms with van der Waals surface area (Å²) in [5.41, 5.74) is 0.318. The van der Waals surface area contributed by atoms with Crippen LogP contribution in [-0.2, 0) is 9.53 Å². The summed E-state index contributed by atoms with van der Waals surface area (Å²) in [5.74, 6) is 0.0867. The summed E-state index contributed by atoms with van der Waals surface area (Å²) >= 11 is 0. The van der Waals surface area contributed by atoms with Gasteiger partial charge in [-0.25, -0.2) is 0 Å². The Morgan fingerprint density at radius 1 is 1.35 bits per heavy atom. The Morgan fingerprint density at radius 2 is 2.00 bits per heavy atom. The van der Waals surface area contributed by atoms with Gasteiger partial charge >= 0.3 is 0 Å². The van der Waals surface area contributed by atoms with Crippen molar-refractivity contribution in [2.24, 2.45) is 5.41 Å². The van der Waals surface area contributed by atoms with E-state index in [0.717, 1.165) is 19.6 Å². The molecule has 1 rings (SSSR count). The zero-order valence-electron chi connectivity index (χ0n) is 11.6. The third-order valence-electron chi connectivity index (χ3n) is 3.23. The van der Waals surface area contributed by atoms with Gasteiger partial charge < -0.3 is 15.4 Å². The van der Waals surface area contributed by atoms with Crippen molar-refractivity contribution in [2.45, 2.75) is 45.6 Å². The van der Waals surface area contributed by atoms with Crippen LogP contribution in [-0.4, -0.2) is 38.3 Å². The van der Waals surface area contributed by atoms with Gasteiger partial charge in [-0.1, -0.05) is 0 Å². The highest BCUT2D eigenvalue weighted by Crippen LogP contribution is 2.48. The predicted molar refractivity (Wildman–Crippen MR) is 68.9 cm³/mol. The molecule has 0 aromatic carbocycles. The van der Waals surface area contributed by atoms with Crippen LogP contribution in [0.3, 0.4) is 0 Å². The standard InChI is InChI=1S/C13H26N2O2/c1-12(2,3)15-9-11(16)14-10-13(5-6-13)7-8-17-4/h15H,5-10H2,1-4H3,(H,14,16). The normalized spacial score (nSPS) is 17.9. The summed E-state index contributed by atoms with van der Waals surface area (Å²) in [6.45, 7) is 8.14. The van der Waals surface area contributed by atoms with Crippen LogP contribution in [0, 0.1) is 5.41 Å². The first-order valence-corrected chi connectivity index (χ1v) is 6.38. The van der Waals surface area contributed by atoms with E-state index in [2.05, 4.69) is 31.4 Å². The van der Waals surface area contributed by atoms with Gasteiger partial charge in [0, 0.05) is 25.8 Å². The topological polar surface area (TPSA) is 50.4 Å². The minimum atomic E-state index is -0.00927. The first kappa shape index (κ1) is 14.5. The number of hydrogen-bond donors (Lipinski definition) is 2. The average molecular weight is 242 g/mol. The summed E-state index contributed by atoms with van der Waals surface area (Å²) in [7, 11) is 1.72. The molecule has 1 fully saturated rings. The van der Waals surface area contributed by atoms with Gasteiger partial charge in [-0.15, -0.1) is 0 Å². The summed E-state index contributed by atoms with van der Waals surface area (Å²) in [4.78, 5) is 11.6. The van der Waals surface area contributed by atoms with E-state index in [0.29, 0.717) is 12.0 Å². The molecule has 100 valence electrons. The summed E-state index contributed by atoms with van der Waals surface area (Å²) in [5, 5.41) is 6.19. The number of amides is 1. The highest BCUT2D eigenvalue weighted by molar-refractivity contribution is 5.78. The minimum Gasteiger partial charge on any atom is -0.385 e. The maximum atomic E-state index is 11.6. The van der Waals surface area contributed by atoms with Gasteiger partial charge in [0.05, 0.1) is 6.54 Å². The molecule has 0 heterocycles. The van der Waals surface area contributed by atoms with Crippen LogP contribution in [0.2, 0.25) is 0 Å². The lowest BCUT2D eigenvalue weighted by Crippen LogP contribution is -2.44. The molecule has 0 radical (unpaired) electrons. The van der Waals surface area contributed by atoms with Crippen LogP contribution in [0.4, 0.5) is 0 Å². The quantitative estimate of drug-likeness (QED) is 0.707. The SMILES string of the molecule is COCCC1(CNC(=O)CNC(C)(C)C)CC1. The molecule has 0 unspecified atom stereocenters. The molecule has 4 heteroatoms. The molecule has 2 N–H and O–H groups in total. The molecule has 1 amide bonds. The van der Waals surface area contributed by atoms with Crippen LogP contribution >= 0.6 is 0 Å². The summed E-state index contributed by atoms with van der Waals surface area (Å²) < 4.78 is 5.09. The van der Waals surface area contributed by atoms with Gasteiger partial charge in [0.1, 0.15) is 0 Å². The monoisotopic (exact) mass is 242 g/mol. The predicted octanol–water partition coefficient (Wildman–Crippen LogP) is 1.31. The lowest BCUT2D eigenvalue weighted by atomic mass is 10.0. The van der Waals surface area contributed by atoms with Crippen molar-refractivity contribution in [1.29, 1.82) is 0 Å². The highest BCUT2D eigenvalue weighted by Gasteiger charge is 2.41. The molecule has 1 aliphatic rings.